The molecule has 7 heteroatoms. The summed E-state index contributed by atoms with van der Waals surface area (Å²) in [4.78, 5) is 0. The van der Waals surface area contributed by atoms with Crippen LogP contribution in [0, 0.1) is 23.3 Å². The first-order valence-electron chi connectivity index (χ1n) is 5.36. The van der Waals surface area contributed by atoms with Gasteiger partial charge in [-0.05, 0) is 40.2 Å². The van der Waals surface area contributed by atoms with E-state index < -0.39 is 39.9 Å². The molecule has 2 aromatic rings. The number of benzene rings is 2. The zero-order chi connectivity index (χ0) is 15.0. The molecule has 0 aliphatic rings. The van der Waals surface area contributed by atoms with Gasteiger partial charge in [0.1, 0.15) is 23.3 Å². The predicted molar refractivity (Wildman–Crippen MR) is 71.5 cm³/mol. The summed E-state index contributed by atoms with van der Waals surface area (Å²) in [6, 6.07) is 2.06. The minimum atomic E-state index is -1.50. The Balaban J connectivity index is 2.60. The zero-order valence-electron chi connectivity index (χ0n) is 9.73. The van der Waals surface area contributed by atoms with Crippen molar-refractivity contribution in [1.29, 1.82) is 0 Å². The van der Waals surface area contributed by atoms with E-state index in [1.807, 2.05) is 0 Å². The minimum absolute atomic E-state index is 0.0285. The van der Waals surface area contributed by atoms with Crippen LogP contribution in [0.4, 0.5) is 17.6 Å². The van der Waals surface area contributed by atoms with Gasteiger partial charge >= 0.3 is 0 Å². The highest BCUT2D eigenvalue weighted by molar-refractivity contribution is 9.10. The first-order chi connectivity index (χ1) is 9.32. The maximum atomic E-state index is 13.9. The van der Waals surface area contributed by atoms with Gasteiger partial charge in [0.15, 0.2) is 0 Å². The second kappa shape index (κ2) is 5.71. The molecule has 1 atom stereocenters. The van der Waals surface area contributed by atoms with Crippen molar-refractivity contribution in [3.8, 4) is 0 Å². The van der Waals surface area contributed by atoms with Crippen molar-refractivity contribution < 1.29 is 17.6 Å². The quantitative estimate of drug-likeness (QED) is 0.603. The molecule has 1 nitrogen and oxygen atoms in total. The molecule has 0 spiro atoms. The third-order valence-electron chi connectivity index (χ3n) is 2.77. The Morgan fingerprint density at radius 3 is 2.30 bits per heavy atom. The van der Waals surface area contributed by atoms with Crippen LogP contribution < -0.4 is 5.73 Å². The number of rotatable bonds is 2. The normalized spacial score (nSPS) is 12.6. The highest BCUT2D eigenvalue weighted by Crippen LogP contribution is 2.32. The van der Waals surface area contributed by atoms with Crippen molar-refractivity contribution in [1.82, 2.24) is 0 Å². The maximum absolute atomic E-state index is 13.9. The van der Waals surface area contributed by atoms with Crippen molar-refractivity contribution >= 4 is 27.5 Å². The van der Waals surface area contributed by atoms with E-state index in [-0.39, 0.29) is 10.0 Å². The summed E-state index contributed by atoms with van der Waals surface area (Å²) in [6.07, 6.45) is 0. The Hall–Kier alpha value is -1.11. The fourth-order valence-corrected chi connectivity index (χ4v) is 2.26. The summed E-state index contributed by atoms with van der Waals surface area (Å²) in [5, 5.41) is -0.436. The van der Waals surface area contributed by atoms with Crippen LogP contribution >= 0.6 is 27.5 Å². The molecule has 0 fully saturated rings. The predicted octanol–water partition coefficient (Wildman–Crippen LogP) is 4.71. The van der Waals surface area contributed by atoms with Crippen molar-refractivity contribution in [2.45, 2.75) is 6.04 Å². The Morgan fingerprint density at radius 2 is 1.65 bits per heavy atom. The van der Waals surface area contributed by atoms with E-state index in [4.69, 9.17) is 17.3 Å². The molecule has 0 aromatic heterocycles. The summed E-state index contributed by atoms with van der Waals surface area (Å²) < 4.78 is 54.7. The highest BCUT2D eigenvalue weighted by Gasteiger charge is 2.24. The van der Waals surface area contributed by atoms with Gasteiger partial charge < -0.3 is 5.73 Å². The van der Waals surface area contributed by atoms with Crippen LogP contribution in [0.1, 0.15) is 17.2 Å². The molecule has 1 unspecified atom stereocenters. The summed E-state index contributed by atoms with van der Waals surface area (Å²) in [5.41, 5.74) is 4.71. The molecule has 106 valence electrons. The summed E-state index contributed by atoms with van der Waals surface area (Å²) >= 11 is 8.29. The first kappa shape index (κ1) is 15.3. The van der Waals surface area contributed by atoms with Gasteiger partial charge in [-0.3, -0.25) is 0 Å². The van der Waals surface area contributed by atoms with E-state index in [0.717, 1.165) is 18.2 Å². The van der Waals surface area contributed by atoms with Gasteiger partial charge in [0, 0.05) is 11.1 Å². The van der Waals surface area contributed by atoms with Crippen molar-refractivity contribution in [2.75, 3.05) is 0 Å². The second-order valence-electron chi connectivity index (χ2n) is 4.02. The van der Waals surface area contributed by atoms with E-state index in [0.29, 0.717) is 6.07 Å². The Labute approximate surface area is 125 Å². The number of hydrogen-bond acceptors (Lipinski definition) is 1. The number of hydrogen-bond donors (Lipinski definition) is 1. The van der Waals surface area contributed by atoms with Gasteiger partial charge in [-0.15, -0.1) is 0 Å². The Morgan fingerprint density at radius 1 is 1.00 bits per heavy atom. The lowest BCUT2D eigenvalue weighted by atomic mass is 9.98. The van der Waals surface area contributed by atoms with Gasteiger partial charge in [0.25, 0.3) is 0 Å². The van der Waals surface area contributed by atoms with Crippen LogP contribution in [0.5, 0.6) is 0 Å². The van der Waals surface area contributed by atoms with Crippen molar-refractivity contribution in [2.24, 2.45) is 5.73 Å². The van der Waals surface area contributed by atoms with Crippen LogP contribution in [0.15, 0.2) is 28.7 Å². The number of halogens is 6. The molecule has 0 radical (unpaired) electrons. The third kappa shape index (κ3) is 2.68. The molecule has 0 amide bonds. The van der Waals surface area contributed by atoms with E-state index in [9.17, 15) is 17.6 Å². The molecule has 0 aliphatic heterocycles. The summed E-state index contributed by atoms with van der Waals surface area (Å²) in [6.45, 7) is 0. The lowest BCUT2D eigenvalue weighted by Gasteiger charge is -2.16. The second-order valence-corrected chi connectivity index (χ2v) is 5.28. The van der Waals surface area contributed by atoms with Crippen LogP contribution in [0.2, 0.25) is 5.02 Å². The smallest absolute Gasteiger partial charge is 0.145 e. The molecule has 2 aromatic carbocycles. The molecule has 20 heavy (non-hydrogen) atoms. The SMILES string of the molecule is NC(c1cc(F)c(Cl)cc1F)c1c(F)ccc(Br)c1F. The Bertz CT molecular complexity index is 678. The van der Waals surface area contributed by atoms with Gasteiger partial charge in [0.05, 0.1) is 15.5 Å². The van der Waals surface area contributed by atoms with Crippen LogP contribution in [-0.4, -0.2) is 0 Å². The average molecular weight is 369 g/mol. The fourth-order valence-electron chi connectivity index (χ4n) is 1.76. The molecule has 2 rings (SSSR count). The fraction of sp³-hybridized carbons (Fsp3) is 0.0769. The molecular weight excluding hydrogens is 361 g/mol. The van der Waals surface area contributed by atoms with Crippen LogP contribution in [-0.2, 0) is 0 Å². The largest absolute Gasteiger partial charge is 0.320 e. The lowest BCUT2D eigenvalue weighted by Crippen LogP contribution is -2.17. The van der Waals surface area contributed by atoms with E-state index >= 15 is 0 Å². The molecule has 0 bridgehead atoms. The molecule has 0 saturated carbocycles. The van der Waals surface area contributed by atoms with Crippen molar-refractivity contribution in [3.63, 3.8) is 0 Å². The van der Waals surface area contributed by atoms with Crippen LogP contribution in [0.3, 0.4) is 0 Å². The van der Waals surface area contributed by atoms with Gasteiger partial charge in [0.2, 0.25) is 0 Å². The molecule has 2 N–H and O–H groups in total. The zero-order valence-corrected chi connectivity index (χ0v) is 12.1. The van der Waals surface area contributed by atoms with E-state index in [1.165, 1.54) is 0 Å². The maximum Gasteiger partial charge on any atom is 0.145 e. The average Bonchev–Trinajstić information content (AvgIpc) is 2.38. The van der Waals surface area contributed by atoms with E-state index in [2.05, 4.69) is 15.9 Å². The molecule has 0 aliphatic carbocycles. The number of nitrogens with two attached hydrogens (primary N) is 1. The van der Waals surface area contributed by atoms with Crippen molar-refractivity contribution in [3.05, 3.63) is 68.2 Å². The third-order valence-corrected chi connectivity index (χ3v) is 3.67. The first-order valence-corrected chi connectivity index (χ1v) is 6.53. The Kier molecular flexibility index (Phi) is 4.36. The highest BCUT2D eigenvalue weighted by atomic mass is 79.9. The van der Waals surface area contributed by atoms with Gasteiger partial charge in [-0.25, -0.2) is 17.6 Å². The van der Waals surface area contributed by atoms with E-state index in [1.54, 1.807) is 0 Å². The standard InChI is InChI=1S/C13H7BrClF4N/c14-6-1-2-8(16)11(12(6)19)13(20)5-3-10(18)7(15)4-9(5)17/h1-4,13H,20H2. The molecule has 0 heterocycles. The summed E-state index contributed by atoms with van der Waals surface area (Å²) in [5.74, 6) is -3.78. The lowest BCUT2D eigenvalue weighted by molar-refractivity contribution is 0.525. The molecule has 0 saturated heterocycles. The summed E-state index contributed by atoms with van der Waals surface area (Å²) in [7, 11) is 0. The minimum Gasteiger partial charge on any atom is -0.320 e. The monoisotopic (exact) mass is 367 g/mol. The van der Waals surface area contributed by atoms with Crippen LogP contribution in [0.25, 0.3) is 0 Å². The van der Waals surface area contributed by atoms with Gasteiger partial charge in [-0.1, -0.05) is 11.6 Å². The topological polar surface area (TPSA) is 26.0 Å². The molecular formula is C13H7BrClF4N. The van der Waals surface area contributed by atoms with Gasteiger partial charge in [-0.2, -0.15) is 0 Å².